The van der Waals surface area contributed by atoms with E-state index in [0.29, 0.717) is 4.48 Å². The molecular weight excluding hydrogens is 268 g/mol. The van der Waals surface area contributed by atoms with Crippen LogP contribution in [0.2, 0.25) is 0 Å². The smallest absolute Gasteiger partial charge is 0.415 e. The molecule has 6 nitrogen and oxygen atoms in total. The average molecular weight is 277 g/mol. The van der Waals surface area contributed by atoms with E-state index in [1.54, 1.807) is 0 Å². The minimum Gasteiger partial charge on any atom is -0.477 e. The number of carboxylic acids is 1. The van der Waals surface area contributed by atoms with Gasteiger partial charge in [-0.15, -0.1) is 0 Å². The predicted octanol–water partition coefficient (Wildman–Crippen LogP) is 0.601. The first-order valence-corrected chi connectivity index (χ1v) is 4.71. The number of hydrogen-bond donors (Lipinski definition) is 2. The van der Waals surface area contributed by atoms with E-state index in [0.717, 1.165) is 12.0 Å². The van der Waals surface area contributed by atoms with Crippen molar-refractivity contribution in [2.75, 3.05) is 7.11 Å². The summed E-state index contributed by atoms with van der Waals surface area (Å²) in [6.07, 6.45) is 1.10. The molecule has 0 aliphatic carbocycles. The van der Waals surface area contributed by atoms with Gasteiger partial charge in [0.25, 0.3) is 0 Å². The molecule has 3 N–H and O–H groups in total. The van der Waals surface area contributed by atoms with E-state index < -0.39 is 18.2 Å². The molecule has 82 valence electrons. The molecule has 0 aromatic carbocycles. The van der Waals surface area contributed by atoms with Crippen LogP contribution in [0.5, 0.6) is 0 Å². The summed E-state index contributed by atoms with van der Waals surface area (Å²) in [6, 6.07) is 0. The molecule has 0 radical (unpaired) electrons. The SMILES string of the molecule is COC(=O)N1C(C(=O)O)=CC(Br)=C[C@H]1N. The van der Waals surface area contributed by atoms with Crippen LogP contribution in [0, 0.1) is 0 Å². The summed E-state index contributed by atoms with van der Waals surface area (Å²) in [4.78, 5) is 23.0. The number of carboxylic acid groups (broad SMARTS) is 1. The predicted molar refractivity (Wildman–Crippen MR) is 54.9 cm³/mol. The zero-order valence-electron chi connectivity index (χ0n) is 7.81. The molecule has 0 fully saturated rings. The van der Waals surface area contributed by atoms with Gasteiger partial charge in [-0.05, 0) is 12.2 Å². The lowest BCUT2D eigenvalue weighted by atomic mass is 10.2. The molecule has 1 rings (SSSR count). The maximum absolute atomic E-state index is 11.3. The number of carbonyl (C=O) groups excluding carboxylic acids is 1. The van der Waals surface area contributed by atoms with E-state index in [1.807, 2.05) is 0 Å². The van der Waals surface area contributed by atoms with Crippen molar-refractivity contribution in [2.24, 2.45) is 5.73 Å². The minimum atomic E-state index is -1.25. The van der Waals surface area contributed by atoms with Crippen LogP contribution in [0.15, 0.2) is 22.3 Å². The average Bonchev–Trinajstić information content (AvgIpc) is 2.15. The molecule has 0 aromatic rings. The molecular formula is C8H9BrN2O4. The topological polar surface area (TPSA) is 92.9 Å². The summed E-state index contributed by atoms with van der Waals surface area (Å²) >= 11 is 3.10. The van der Waals surface area contributed by atoms with Gasteiger partial charge in [-0.25, -0.2) is 9.59 Å². The van der Waals surface area contributed by atoms with Crippen molar-refractivity contribution in [1.29, 1.82) is 0 Å². The summed E-state index contributed by atoms with van der Waals surface area (Å²) in [6.45, 7) is 0. The summed E-state index contributed by atoms with van der Waals surface area (Å²) < 4.78 is 4.94. The Morgan fingerprint density at radius 2 is 2.27 bits per heavy atom. The fraction of sp³-hybridized carbons (Fsp3) is 0.250. The van der Waals surface area contributed by atoms with Gasteiger partial charge in [-0.1, -0.05) is 15.9 Å². The molecule has 1 aliphatic rings. The second kappa shape index (κ2) is 4.45. The van der Waals surface area contributed by atoms with Crippen molar-refractivity contribution in [2.45, 2.75) is 6.17 Å². The van der Waals surface area contributed by atoms with Gasteiger partial charge in [0.2, 0.25) is 0 Å². The monoisotopic (exact) mass is 276 g/mol. The van der Waals surface area contributed by atoms with E-state index >= 15 is 0 Å². The molecule has 7 heteroatoms. The Balaban J connectivity index is 3.10. The van der Waals surface area contributed by atoms with E-state index in [-0.39, 0.29) is 5.70 Å². The van der Waals surface area contributed by atoms with Crippen LogP contribution in [0.4, 0.5) is 4.79 Å². The number of allylic oxidation sites excluding steroid dienone is 2. The van der Waals surface area contributed by atoms with Gasteiger partial charge >= 0.3 is 12.1 Å². The molecule has 0 spiro atoms. The maximum atomic E-state index is 11.3. The minimum absolute atomic E-state index is 0.233. The molecule has 1 amide bonds. The second-order valence-corrected chi connectivity index (χ2v) is 3.63. The van der Waals surface area contributed by atoms with Gasteiger partial charge in [-0.2, -0.15) is 0 Å². The number of rotatable bonds is 1. The number of carbonyl (C=O) groups is 2. The molecule has 0 bridgehead atoms. The molecule has 0 unspecified atom stereocenters. The van der Waals surface area contributed by atoms with Crippen molar-refractivity contribution in [3.8, 4) is 0 Å². The van der Waals surface area contributed by atoms with Crippen LogP contribution in [0.1, 0.15) is 0 Å². The van der Waals surface area contributed by atoms with Gasteiger partial charge in [0.05, 0.1) is 7.11 Å². The van der Waals surface area contributed by atoms with Crippen LogP contribution in [0.3, 0.4) is 0 Å². The fourth-order valence-electron chi connectivity index (χ4n) is 1.13. The number of aliphatic carboxylic acids is 1. The number of nitrogens with two attached hydrogens (primary N) is 1. The van der Waals surface area contributed by atoms with E-state index in [1.165, 1.54) is 12.2 Å². The number of nitrogens with zero attached hydrogens (tertiary/aromatic N) is 1. The van der Waals surface area contributed by atoms with Gasteiger partial charge in [-0.3, -0.25) is 4.90 Å². The van der Waals surface area contributed by atoms with Crippen molar-refractivity contribution in [3.63, 3.8) is 0 Å². The largest absolute Gasteiger partial charge is 0.477 e. The summed E-state index contributed by atoms with van der Waals surface area (Å²) in [5.41, 5.74) is 5.36. The standard InChI is InChI=1S/C8H9BrN2O4/c1-15-8(14)11-5(7(12)13)2-4(9)3-6(11)10/h2-3,6H,10H2,1H3,(H,12,13)/t6-/m0/s1. The van der Waals surface area contributed by atoms with Crippen molar-refractivity contribution in [3.05, 3.63) is 22.3 Å². The first-order chi connectivity index (χ1) is 6.97. The highest BCUT2D eigenvalue weighted by atomic mass is 79.9. The highest BCUT2D eigenvalue weighted by Crippen LogP contribution is 2.22. The Morgan fingerprint density at radius 1 is 1.67 bits per heavy atom. The Morgan fingerprint density at radius 3 is 2.73 bits per heavy atom. The number of ether oxygens (including phenoxy) is 1. The molecule has 1 heterocycles. The molecule has 1 atom stereocenters. The molecule has 15 heavy (non-hydrogen) atoms. The Kier molecular flexibility index (Phi) is 3.48. The number of methoxy groups -OCH3 is 1. The van der Waals surface area contributed by atoms with E-state index in [4.69, 9.17) is 10.8 Å². The van der Waals surface area contributed by atoms with Gasteiger partial charge < -0.3 is 15.6 Å². The molecule has 0 saturated heterocycles. The van der Waals surface area contributed by atoms with E-state index in [9.17, 15) is 9.59 Å². The Hall–Kier alpha value is -1.34. The Labute approximate surface area is 94.1 Å². The maximum Gasteiger partial charge on any atom is 0.415 e. The van der Waals surface area contributed by atoms with E-state index in [2.05, 4.69) is 20.7 Å². The third-order valence-electron chi connectivity index (χ3n) is 1.75. The highest BCUT2D eigenvalue weighted by molar-refractivity contribution is 9.11. The van der Waals surface area contributed by atoms with Gasteiger partial charge in [0.15, 0.2) is 0 Å². The fourth-order valence-corrected chi connectivity index (χ4v) is 1.62. The molecule has 0 aromatic heterocycles. The van der Waals surface area contributed by atoms with Crippen LogP contribution >= 0.6 is 15.9 Å². The van der Waals surface area contributed by atoms with Gasteiger partial charge in [0.1, 0.15) is 11.9 Å². The normalized spacial score (nSPS) is 20.5. The lowest BCUT2D eigenvalue weighted by molar-refractivity contribution is -0.134. The van der Waals surface area contributed by atoms with Crippen molar-refractivity contribution >= 4 is 28.0 Å². The third kappa shape index (κ3) is 2.37. The number of halogens is 1. The van der Waals surface area contributed by atoms with Crippen LogP contribution < -0.4 is 5.73 Å². The summed E-state index contributed by atoms with van der Waals surface area (Å²) in [5.74, 6) is -1.25. The number of amides is 1. The summed E-state index contributed by atoms with van der Waals surface area (Å²) in [7, 11) is 1.15. The van der Waals surface area contributed by atoms with Crippen molar-refractivity contribution < 1.29 is 19.4 Å². The zero-order valence-corrected chi connectivity index (χ0v) is 9.39. The first kappa shape index (κ1) is 11.7. The third-order valence-corrected chi connectivity index (χ3v) is 2.25. The van der Waals surface area contributed by atoms with Crippen LogP contribution in [0.25, 0.3) is 0 Å². The first-order valence-electron chi connectivity index (χ1n) is 3.92. The zero-order chi connectivity index (χ0) is 11.6. The second-order valence-electron chi connectivity index (χ2n) is 2.72. The molecule has 1 aliphatic heterocycles. The van der Waals surface area contributed by atoms with Gasteiger partial charge in [0, 0.05) is 4.48 Å². The molecule has 0 saturated carbocycles. The highest BCUT2D eigenvalue weighted by Gasteiger charge is 2.31. The quantitative estimate of drug-likeness (QED) is 0.732. The lowest BCUT2D eigenvalue weighted by Gasteiger charge is -2.28. The lowest BCUT2D eigenvalue weighted by Crippen LogP contribution is -2.47. The van der Waals surface area contributed by atoms with Crippen molar-refractivity contribution in [1.82, 2.24) is 4.90 Å². The van der Waals surface area contributed by atoms with Crippen LogP contribution in [-0.4, -0.2) is 35.3 Å². The van der Waals surface area contributed by atoms with Crippen LogP contribution in [-0.2, 0) is 9.53 Å². The summed E-state index contributed by atoms with van der Waals surface area (Å²) in [5, 5.41) is 8.87. The number of hydrogen-bond acceptors (Lipinski definition) is 4. The Bertz CT molecular complexity index is 364.